The van der Waals surface area contributed by atoms with Crippen LogP contribution in [0.1, 0.15) is 83.4 Å². The van der Waals surface area contributed by atoms with Crippen LogP contribution in [0, 0.1) is 27.5 Å². The minimum Gasteiger partial charge on any atom is -0.497 e. The molecule has 6 aromatic rings. The van der Waals surface area contributed by atoms with Crippen LogP contribution in [0.15, 0.2) is 109 Å². The number of nitrogens with zero attached hydrogens (tertiary/aromatic N) is 7. The molecule has 74 heavy (non-hydrogen) atoms. The van der Waals surface area contributed by atoms with Crippen molar-refractivity contribution < 1.29 is 46.5 Å². The van der Waals surface area contributed by atoms with E-state index < -0.39 is 58.0 Å². The molecule has 1 aliphatic heterocycles. The van der Waals surface area contributed by atoms with Crippen molar-refractivity contribution in [2.45, 2.75) is 122 Å². The number of rotatable bonds is 24. The zero-order valence-electron chi connectivity index (χ0n) is 43.9. The van der Waals surface area contributed by atoms with E-state index in [4.69, 9.17) is 42.1 Å². The lowest BCUT2D eigenvalue weighted by atomic mass is 9.80. The fourth-order valence-electron chi connectivity index (χ4n) is 8.72. The Morgan fingerprint density at radius 2 is 1.46 bits per heavy atom. The van der Waals surface area contributed by atoms with Gasteiger partial charge in [-0.25, -0.2) is 9.65 Å². The second-order valence-electron chi connectivity index (χ2n) is 20.0. The highest BCUT2D eigenvalue weighted by atomic mass is 31.2. The van der Waals surface area contributed by atoms with Gasteiger partial charge in [-0.2, -0.15) is 19.6 Å². The van der Waals surface area contributed by atoms with E-state index in [2.05, 4.69) is 82.3 Å². The number of fused-ring (bicyclic) bond motifs is 1. The van der Waals surface area contributed by atoms with E-state index in [0.29, 0.717) is 17.9 Å². The van der Waals surface area contributed by atoms with Gasteiger partial charge in [0.1, 0.15) is 35.4 Å². The predicted molar refractivity (Wildman–Crippen MR) is 282 cm³/mol. The summed E-state index contributed by atoms with van der Waals surface area (Å²) < 4.78 is 73.2. The molecule has 0 spiro atoms. The molecular weight excluding hydrogens is 985 g/mol. The van der Waals surface area contributed by atoms with E-state index in [0.717, 1.165) is 22.3 Å². The number of nitro groups is 1. The van der Waals surface area contributed by atoms with Crippen molar-refractivity contribution in [3.63, 3.8) is 0 Å². The molecule has 0 saturated carbocycles. The number of imidazole rings is 1. The SMILES string of the molecule is COc1ccc(C(OC[C@H]2O[C@@H](n3cnc4c(OCCc5ccc([N+](=O)[O-])cc5)nc(F)nc43)[C@H](O[Si](C)(C)C(C)(C)C)[C@@H]2OP(OCCC#N)N(C(C)C)C(C)C)(c2ccccc2)c2ccc(OC)cc2)cc1. The van der Waals surface area contributed by atoms with Gasteiger partial charge >= 0.3 is 6.08 Å². The van der Waals surface area contributed by atoms with Crippen molar-refractivity contribution in [2.24, 2.45) is 0 Å². The molecule has 0 radical (unpaired) electrons. The van der Waals surface area contributed by atoms with Gasteiger partial charge in [0.2, 0.25) is 5.88 Å². The third-order valence-electron chi connectivity index (χ3n) is 13.4. The van der Waals surface area contributed by atoms with Crippen molar-refractivity contribution >= 4 is 33.7 Å². The van der Waals surface area contributed by atoms with Gasteiger partial charge in [-0.3, -0.25) is 14.7 Å². The summed E-state index contributed by atoms with van der Waals surface area (Å²) in [7, 11) is -1.40. The Morgan fingerprint density at radius 1 is 0.865 bits per heavy atom. The minimum absolute atomic E-state index is 0.0310. The zero-order chi connectivity index (χ0) is 53.4. The van der Waals surface area contributed by atoms with Crippen LogP contribution in [0.25, 0.3) is 11.2 Å². The molecule has 20 heteroatoms. The second-order valence-corrected chi connectivity index (χ2v) is 26.1. The standard InChI is InChI=1S/C54H67FN7O10PSi/c1-36(2)61(37(3)4)73(69-32-15-31-56)71-47-45(34-68-54(39-16-13-12-14-17-39,40-20-26-43(65-8)27-21-40)41-22-28-44(66-9)29-23-41)70-51(48(47)72-74(10,11)53(5,6)7)60-35-57-46-49(60)58-52(55)59-50(46)67-33-30-38-18-24-42(25-19-38)62(63)64/h12-14,16-29,35-37,45,47-48,51H,15,30,32-34H2,1-11H3/t45-,47-,48-,51-,73?/m1/s1. The van der Waals surface area contributed by atoms with Crippen molar-refractivity contribution in [1.82, 2.24) is 24.2 Å². The minimum atomic E-state index is -2.75. The molecule has 394 valence electrons. The number of halogens is 1. The number of benzene rings is 4. The third-order valence-corrected chi connectivity index (χ3v) is 20.0. The van der Waals surface area contributed by atoms with Crippen molar-refractivity contribution in [3.05, 3.63) is 148 Å². The summed E-state index contributed by atoms with van der Waals surface area (Å²) in [4.78, 5) is 23.8. The van der Waals surface area contributed by atoms with Crippen LogP contribution < -0.4 is 14.2 Å². The van der Waals surface area contributed by atoms with E-state index in [1.165, 1.54) is 18.5 Å². The average molecular weight is 1050 g/mol. The van der Waals surface area contributed by atoms with E-state index in [9.17, 15) is 15.4 Å². The molecule has 0 aliphatic carbocycles. The number of hydrogen-bond acceptors (Lipinski definition) is 15. The van der Waals surface area contributed by atoms with Crippen molar-refractivity contribution in [1.29, 1.82) is 5.26 Å². The summed E-state index contributed by atoms with van der Waals surface area (Å²) in [6, 6.07) is 33.7. The van der Waals surface area contributed by atoms with Gasteiger partial charge in [0, 0.05) is 30.6 Å². The number of hydrogen-bond donors (Lipinski definition) is 0. The summed E-state index contributed by atoms with van der Waals surface area (Å²) in [5, 5.41) is 20.6. The first-order chi connectivity index (χ1) is 35.3. The van der Waals surface area contributed by atoms with Gasteiger partial charge < -0.3 is 37.2 Å². The van der Waals surface area contributed by atoms with E-state index >= 15 is 4.39 Å². The summed E-state index contributed by atoms with van der Waals surface area (Å²) in [6.45, 7) is 19.1. The molecule has 1 fully saturated rings. The lowest BCUT2D eigenvalue weighted by molar-refractivity contribution is -0.384. The maximum atomic E-state index is 15.8. The van der Waals surface area contributed by atoms with E-state index in [1.807, 2.05) is 78.9 Å². The average Bonchev–Trinajstić information content (AvgIpc) is 3.94. The van der Waals surface area contributed by atoms with Gasteiger partial charge in [-0.1, -0.05) is 87.5 Å². The molecule has 0 bridgehead atoms. The molecular formula is C54H67FN7O10PSi. The fourth-order valence-corrected chi connectivity index (χ4v) is 11.8. The number of non-ortho nitro benzene ring substituents is 1. The number of nitro benzene ring substituents is 1. The summed E-state index contributed by atoms with van der Waals surface area (Å²) in [5.41, 5.74) is 2.19. The van der Waals surface area contributed by atoms with E-state index in [-0.39, 0.29) is 66.1 Å². The largest absolute Gasteiger partial charge is 0.497 e. The monoisotopic (exact) mass is 1050 g/mol. The number of methoxy groups -OCH3 is 2. The molecule has 4 aromatic carbocycles. The Balaban J connectivity index is 1.38. The molecule has 3 heterocycles. The Hall–Kier alpha value is -5.94. The maximum Gasteiger partial charge on any atom is 0.314 e. The first kappa shape index (κ1) is 55.8. The summed E-state index contributed by atoms with van der Waals surface area (Å²) in [6.07, 6.45) is -2.80. The van der Waals surface area contributed by atoms with Crippen LogP contribution in [-0.4, -0.2) is 102 Å². The van der Waals surface area contributed by atoms with E-state index in [1.54, 1.807) is 30.9 Å². The molecule has 0 amide bonds. The second kappa shape index (κ2) is 24.2. The number of aromatic nitrogens is 4. The van der Waals surface area contributed by atoms with Crippen LogP contribution in [0.2, 0.25) is 18.1 Å². The van der Waals surface area contributed by atoms with Gasteiger partial charge in [-0.15, -0.1) is 0 Å². The first-order valence-electron chi connectivity index (χ1n) is 24.6. The number of nitriles is 1. The predicted octanol–water partition coefficient (Wildman–Crippen LogP) is 11.5. The lowest BCUT2D eigenvalue weighted by Crippen LogP contribution is -2.50. The topological polar surface area (TPSA) is 188 Å². The van der Waals surface area contributed by atoms with Gasteiger partial charge in [-0.05, 0) is 92.3 Å². The maximum absolute atomic E-state index is 15.8. The molecule has 7 rings (SSSR count). The fraction of sp³-hybridized carbons (Fsp3) is 0.444. The molecule has 0 N–H and O–H groups in total. The smallest absolute Gasteiger partial charge is 0.314 e. The summed E-state index contributed by atoms with van der Waals surface area (Å²) >= 11 is 0. The van der Waals surface area contributed by atoms with Gasteiger partial charge in [0.25, 0.3) is 14.2 Å². The molecule has 2 aromatic heterocycles. The quantitative estimate of drug-likeness (QED) is 0.0106. The highest BCUT2D eigenvalue weighted by Gasteiger charge is 2.54. The Bertz CT molecular complexity index is 2780. The highest BCUT2D eigenvalue weighted by Crippen LogP contribution is 2.53. The van der Waals surface area contributed by atoms with Crippen LogP contribution in [0.4, 0.5) is 10.1 Å². The number of ether oxygens (including phenoxy) is 5. The first-order valence-corrected chi connectivity index (χ1v) is 28.7. The molecule has 17 nitrogen and oxygen atoms in total. The van der Waals surface area contributed by atoms with Crippen LogP contribution in [0.5, 0.6) is 17.4 Å². The molecule has 1 aliphatic rings. The van der Waals surface area contributed by atoms with Crippen LogP contribution >= 0.6 is 8.53 Å². The molecule has 1 saturated heterocycles. The molecule has 1 unspecified atom stereocenters. The highest BCUT2D eigenvalue weighted by molar-refractivity contribution is 7.44. The Labute approximate surface area is 435 Å². The lowest BCUT2D eigenvalue weighted by Gasteiger charge is -2.42. The van der Waals surface area contributed by atoms with Crippen molar-refractivity contribution in [3.8, 4) is 23.4 Å². The van der Waals surface area contributed by atoms with Crippen molar-refractivity contribution in [2.75, 3.05) is 34.0 Å². The van der Waals surface area contributed by atoms with Gasteiger partial charge in [0.05, 0.1) is 57.8 Å². The van der Waals surface area contributed by atoms with Crippen LogP contribution in [0.3, 0.4) is 0 Å². The normalized spacial score (nSPS) is 17.8. The third kappa shape index (κ3) is 12.4. The van der Waals surface area contributed by atoms with Gasteiger partial charge in [0.15, 0.2) is 25.7 Å². The Morgan fingerprint density at radius 3 is 2.00 bits per heavy atom. The molecule has 5 atom stereocenters. The summed E-state index contributed by atoms with van der Waals surface area (Å²) in [5.74, 6) is 1.25. The zero-order valence-corrected chi connectivity index (χ0v) is 45.8. The van der Waals surface area contributed by atoms with Crippen LogP contribution in [-0.2, 0) is 35.0 Å². The Kier molecular flexibility index (Phi) is 18.2.